The third kappa shape index (κ3) is 3.85. The summed E-state index contributed by atoms with van der Waals surface area (Å²) in [5, 5.41) is 13.9. The quantitative estimate of drug-likeness (QED) is 0.459. The minimum atomic E-state index is -0.437. The van der Waals surface area contributed by atoms with Crippen LogP contribution in [0, 0.1) is 10.1 Å². The normalized spacial score (nSPS) is 10.1. The average Bonchev–Trinajstić information content (AvgIpc) is 2.36. The standard InChI is InChI=1S/C13H18N2O3/c1-4-10(2)9-18-13-7-11(8-14-3)5-6-12(13)15(16)17/h5-7,14H,2,4,8-9H2,1,3H3. The van der Waals surface area contributed by atoms with Gasteiger partial charge in [-0.05, 0) is 30.7 Å². The van der Waals surface area contributed by atoms with Crippen molar-refractivity contribution >= 4 is 5.69 Å². The first-order valence-electron chi connectivity index (χ1n) is 5.79. The number of benzene rings is 1. The molecule has 18 heavy (non-hydrogen) atoms. The number of ether oxygens (including phenoxy) is 1. The third-order valence-corrected chi connectivity index (χ3v) is 2.53. The summed E-state index contributed by atoms with van der Waals surface area (Å²) in [4.78, 5) is 10.5. The van der Waals surface area contributed by atoms with Crippen molar-refractivity contribution in [2.45, 2.75) is 19.9 Å². The van der Waals surface area contributed by atoms with Gasteiger partial charge in [-0.2, -0.15) is 0 Å². The van der Waals surface area contributed by atoms with Gasteiger partial charge in [-0.25, -0.2) is 0 Å². The van der Waals surface area contributed by atoms with Crippen LogP contribution in [0.15, 0.2) is 30.4 Å². The molecule has 0 atom stereocenters. The molecule has 5 nitrogen and oxygen atoms in total. The Balaban J connectivity index is 2.92. The predicted octanol–water partition coefficient (Wildman–Crippen LogP) is 2.66. The maximum Gasteiger partial charge on any atom is 0.310 e. The second-order valence-corrected chi connectivity index (χ2v) is 3.98. The molecule has 0 radical (unpaired) electrons. The zero-order chi connectivity index (χ0) is 13.5. The van der Waals surface area contributed by atoms with Gasteiger partial charge in [0.1, 0.15) is 6.61 Å². The summed E-state index contributed by atoms with van der Waals surface area (Å²) in [6.07, 6.45) is 0.796. The van der Waals surface area contributed by atoms with E-state index in [1.54, 1.807) is 12.1 Å². The minimum absolute atomic E-state index is 0.0150. The first kappa shape index (κ1) is 14.2. The Morgan fingerprint density at radius 1 is 1.56 bits per heavy atom. The van der Waals surface area contributed by atoms with Crippen molar-refractivity contribution in [3.63, 3.8) is 0 Å². The Bertz CT molecular complexity index is 444. The molecule has 0 aromatic heterocycles. The highest BCUT2D eigenvalue weighted by Crippen LogP contribution is 2.28. The highest BCUT2D eigenvalue weighted by atomic mass is 16.6. The molecule has 1 aromatic rings. The first-order valence-corrected chi connectivity index (χ1v) is 5.79. The van der Waals surface area contributed by atoms with Crippen LogP contribution >= 0.6 is 0 Å². The van der Waals surface area contributed by atoms with Gasteiger partial charge in [0.25, 0.3) is 0 Å². The number of hydrogen-bond donors (Lipinski definition) is 1. The van der Waals surface area contributed by atoms with Crippen LogP contribution in [0.3, 0.4) is 0 Å². The Morgan fingerprint density at radius 3 is 2.83 bits per heavy atom. The minimum Gasteiger partial charge on any atom is -0.482 e. The maximum absolute atomic E-state index is 10.9. The molecule has 1 rings (SSSR count). The fourth-order valence-electron chi connectivity index (χ4n) is 1.42. The van der Waals surface area contributed by atoms with Gasteiger partial charge >= 0.3 is 5.69 Å². The van der Waals surface area contributed by atoms with E-state index < -0.39 is 4.92 Å². The van der Waals surface area contributed by atoms with Crippen molar-refractivity contribution in [3.05, 3.63) is 46.0 Å². The predicted molar refractivity (Wildman–Crippen MR) is 70.8 cm³/mol. The Hall–Kier alpha value is -1.88. The van der Waals surface area contributed by atoms with Crippen LogP contribution in [0.4, 0.5) is 5.69 Å². The fraction of sp³-hybridized carbons (Fsp3) is 0.385. The second kappa shape index (κ2) is 6.76. The van der Waals surface area contributed by atoms with E-state index >= 15 is 0 Å². The van der Waals surface area contributed by atoms with E-state index in [1.165, 1.54) is 6.07 Å². The first-order chi connectivity index (χ1) is 8.58. The molecule has 0 aliphatic carbocycles. The summed E-state index contributed by atoms with van der Waals surface area (Å²) in [6.45, 7) is 6.73. The molecule has 0 spiro atoms. The molecule has 0 saturated heterocycles. The van der Waals surface area contributed by atoms with Crippen molar-refractivity contribution in [2.75, 3.05) is 13.7 Å². The van der Waals surface area contributed by atoms with Gasteiger partial charge in [-0.3, -0.25) is 10.1 Å². The highest BCUT2D eigenvalue weighted by molar-refractivity contribution is 5.48. The monoisotopic (exact) mass is 250 g/mol. The van der Waals surface area contributed by atoms with Crippen LogP contribution in [0.25, 0.3) is 0 Å². The third-order valence-electron chi connectivity index (χ3n) is 2.53. The summed E-state index contributed by atoms with van der Waals surface area (Å²) in [7, 11) is 1.82. The van der Waals surface area contributed by atoms with Crippen LogP contribution in [-0.2, 0) is 6.54 Å². The molecule has 1 aromatic carbocycles. The van der Waals surface area contributed by atoms with E-state index in [0.29, 0.717) is 18.9 Å². The summed E-state index contributed by atoms with van der Waals surface area (Å²) < 4.78 is 5.47. The van der Waals surface area contributed by atoms with E-state index in [1.807, 2.05) is 14.0 Å². The average molecular weight is 250 g/mol. The zero-order valence-corrected chi connectivity index (χ0v) is 10.7. The van der Waals surface area contributed by atoms with Crippen molar-refractivity contribution in [3.8, 4) is 5.75 Å². The topological polar surface area (TPSA) is 64.4 Å². The molecule has 0 heterocycles. The maximum atomic E-state index is 10.9. The number of nitro benzene ring substituents is 1. The second-order valence-electron chi connectivity index (χ2n) is 3.98. The van der Waals surface area contributed by atoms with E-state index in [0.717, 1.165) is 17.6 Å². The van der Waals surface area contributed by atoms with Gasteiger partial charge in [0.2, 0.25) is 0 Å². The largest absolute Gasteiger partial charge is 0.482 e. The van der Waals surface area contributed by atoms with Gasteiger partial charge in [0.05, 0.1) is 4.92 Å². The molecule has 0 saturated carbocycles. The lowest BCUT2D eigenvalue weighted by atomic mass is 10.2. The Kier molecular flexibility index (Phi) is 5.32. The van der Waals surface area contributed by atoms with Gasteiger partial charge < -0.3 is 10.1 Å². The molecule has 98 valence electrons. The highest BCUT2D eigenvalue weighted by Gasteiger charge is 2.15. The number of nitrogens with one attached hydrogen (secondary N) is 1. The fourth-order valence-corrected chi connectivity index (χ4v) is 1.42. The van der Waals surface area contributed by atoms with E-state index in [2.05, 4.69) is 11.9 Å². The van der Waals surface area contributed by atoms with Gasteiger partial charge in [-0.1, -0.05) is 19.6 Å². The Morgan fingerprint density at radius 2 is 2.28 bits per heavy atom. The van der Waals surface area contributed by atoms with Gasteiger partial charge in [0.15, 0.2) is 5.75 Å². The molecule has 0 unspecified atom stereocenters. The molecular formula is C13H18N2O3. The van der Waals surface area contributed by atoms with Crippen molar-refractivity contribution in [1.29, 1.82) is 0 Å². The van der Waals surface area contributed by atoms with Gasteiger partial charge in [0, 0.05) is 12.6 Å². The van der Waals surface area contributed by atoms with Crippen LogP contribution < -0.4 is 10.1 Å². The molecule has 0 bridgehead atoms. The number of rotatable bonds is 7. The van der Waals surface area contributed by atoms with E-state index in [9.17, 15) is 10.1 Å². The molecule has 0 fully saturated rings. The van der Waals surface area contributed by atoms with Crippen LogP contribution in [-0.4, -0.2) is 18.6 Å². The number of hydrogen-bond acceptors (Lipinski definition) is 4. The zero-order valence-electron chi connectivity index (χ0n) is 10.7. The molecule has 1 N–H and O–H groups in total. The summed E-state index contributed by atoms with van der Waals surface area (Å²) in [6, 6.07) is 4.88. The molecular weight excluding hydrogens is 232 g/mol. The molecule has 0 aliphatic heterocycles. The molecule has 0 aliphatic rings. The smallest absolute Gasteiger partial charge is 0.310 e. The lowest BCUT2D eigenvalue weighted by molar-refractivity contribution is -0.385. The SMILES string of the molecule is C=C(CC)COc1cc(CNC)ccc1[N+](=O)[O-]. The molecule has 0 amide bonds. The number of nitro groups is 1. The van der Waals surface area contributed by atoms with E-state index in [-0.39, 0.29) is 5.69 Å². The lowest BCUT2D eigenvalue weighted by Gasteiger charge is -2.09. The molecule has 5 heteroatoms. The van der Waals surface area contributed by atoms with Crippen LogP contribution in [0.5, 0.6) is 5.75 Å². The van der Waals surface area contributed by atoms with Crippen LogP contribution in [0.1, 0.15) is 18.9 Å². The lowest BCUT2D eigenvalue weighted by Crippen LogP contribution is -2.07. The van der Waals surface area contributed by atoms with Crippen molar-refractivity contribution in [2.24, 2.45) is 0 Å². The summed E-state index contributed by atoms with van der Waals surface area (Å²) in [5.41, 5.74) is 1.84. The van der Waals surface area contributed by atoms with Crippen molar-refractivity contribution < 1.29 is 9.66 Å². The van der Waals surface area contributed by atoms with Gasteiger partial charge in [-0.15, -0.1) is 0 Å². The summed E-state index contributed by atoms with van der Waals surface area (Å²) in [5.74, 6) is 0.294. The van der Waals surface area contributed by atoms with E-state index in [4.69, 9.17) is 4.74 Å². The van der Waals surface area contributed by atoms with Crippen LogP contribution in [0.2, 0.25) is 0 Å². The van der Waals surface area contributed by atoms with Crippen molar-refractivity contribution in [1.82, 2.24) is 5.32 Å². The number of nitrogens with zero attached hydrogens (tertiary/aromatic N) is 1. The summed E-state index contributed by atoms with van der Waals surface area (Å²) >= 11 is 0. The Labute approximate surface area is 107 Å².